The highest BCUT2D eigenvalue weighted by Crippen LogP contribution is 2.49. The van der Waals surface area contributed by atoms with Crippen molar-refractivity contribution in [3.8, 4) is 0 Å². The SMILES string of the molecule is CCNC(Cc1c(C)cc(C)cc1C)C1(C)CC1. The molecule has 0 bridgehead atoms. The largest absolute Gasteiger partial charge is 0.313 e. The Kier molecular flexibility index (Phi) is 3.82. The molecule has 1 aromatic carbocycles. The molecule has 0 amide bonds. The topological polar surface area (TPSA) is 12.0 Å². The van der Waals surface area contributed by atoms with Crippen molar-refractivity contribution in [2.75, 3.05) is 6.54 Å². The summed E-state index contributed by atoms with van der Waals surface area (Å²) in [5.74, 6) is 0. The van der Waals surface area contributed by atoms with Crippen molar-refractivity contribution in [3.63, 3.8) is 0 Å². The molecule has 1 fully saturated rings. The highest BCUT2D eigenvalue weighted by atomic mass is 14.9. The molecular formula is C17H27N. The highest BCUT2D eigenvalue weighted by Gasteiger charge is 2.44. The fourth-order valence-corrected chi connectivity index (χ4v) is 3.09. The molecular weight excluding hydrogens is 218 g/mol. The summed E-state index contributed by atoms with van der Waals surface area (Å²) in [5.41, 5.74) is 6.39. The van der Waals surface area contributed by atoms with Gasteiger partial charge in [0.05, 0.1) is 0 Å². The third-order valence-electron chi connectivity index (χ3n) is 4.58. The standard InChI is InChI=1S/C17H27N/c1-6-18-16(17(5)7-8-17)11-15-13(3)9-12(2)10-14(15)4/h9-10,16,18H,6-8,11H2,1-5H3. The van der Waals surface area contributed by atoms with E-state index in [1.165, 1.54) is 36.0 Å². The number of hydrogen-bond acceptors (Lipinski definition) is 1. The quantitative estimate of drug-likeness (QED) is 0.828. The van der Waals surface area contributed by atoms with Gasteiger partial charge in [0.1, 0.15) is 0 Å². The predicted molar refractivity (Wildman–Crippen MR) is 79.2 cm³/mol. The van der Waals surface area contributed by atoms with Crippen LogP contribution in [-0.2, 0) is 6.42 Å². The Morgan fingerprint density at radius 1 is 1.17 bits per heavy atom. The zero-order valence-corrected chi connectivity index (χ0v) is 12.6. The van der Waals surface area contributed by atoms with Gasteiger partial charge in [0, 0.05) is 6.04 Å². The molecule has 1 heteroatoms. The molecule has 0 saturated heterocycles. The first-order valence-electron chi connectivity index (χ1n) is 7.26. The van der Waals surface area contributed by atoms with Crippen molar-refractivity contribution < 1.29 is 0 Å². The number of nitrogens with one attached hydrogen (secondary N) is 1. The van der Waals surface area contributed by atoms with E-state index in [0.717, 1.165) is 6.54 Å². The van der Waals surface area contributed by atoms with Gasteiger partial charge in [-0.25, -0.2) is 0 Å². The van der Waals surface area contributed by atoms with Crippen LogP contribution in [0.25, 0.3) is 0 Å². The van der Waals surface area contributed by atoms with Gasteiger partial charge in [-0.2, -0.15) is 0 Å². The van der Waals surface area contributed by atoms with Gasteiger partial charge in [0.15, 0.2) is 0 Å². The second-order valence-electron chi connectivity index (χ2n) is 6.35. The minimum absolute atomic E-state index is 0.541. The Morgan fingerprint density at radius 3 is 2.17 bits per heavy atom. The molecule has 0 spiro atoms. The van der Waals surface area contributed by atoms with Gasteiger partial charge in [-0.3, -0.25) is 0 Å². The fourth-order valence-electron chi connectivity index (χ4n) is 3.09. The summed E-state index contributed by atoms with van der Waals surface area (Å²) >= 11 is 0. The van der Waals surface area contributed by atoms with Crippen LogP contribution in [0.2, 0.25) is 0 Å². The van der Waals surface area contributed by atoms with E-state index in [9.17, 15) is 0 Å². The van der Waals surface area contributed by atoms with Gasteiger partial charge in [0.2, 0.25) is 0 Å². The number of hydrogen-bond donors (Lipinski definition) is 1. The van der Waals surface area contributed by atoms with Crippen LogP contribution in [-0.4, -0.2) is 12.6 Å². The smallest absolute Gasteiger partial charge is 0.0161 e. The third-order valence-corrected chi connectivity index (χ3v) is 4.58. The van der Waals surface area contributed by atoms with Crippen molar-refractivity contribution in [2.45, 2.75) is 59.9 Å². The van der Waals surface area contributed by atoms with Crippen molar-refractivity contribution in [2.24, 2.45) is 5.41 Å². The fraction of sp³-hybridized carbons (Fsp3) is 0.647. The lowest BCUT2D eigenvalue weighted by atomic mass is 9.88. The average Bonchev–Trinajstić information content (AvgIpc) is 3.01. The molecule has 1 unspecified atom stereocenters. The normalized spacial score (nSPS) is 18.7. The molecule has 0 aromatic heterocycles. The summed E-state index contributed by atoms with van der Waals surface area (Å²) in [5, 5.41) is 3.70. The number of benzene rings is 1. The van der Waals surface area contributed by atoms with E-state index in [1.807, 2.05) is 0 Å². The lowest BCUT2D eigenvalue weighted by Gasteiger charge is -2.26. The second kappa shape index (κ2) is 5.05. The maximum Gasteiger partial charge on any atom is 0.0161 e. The maximum atomic E-state index is 3.70. The zero-order chi connectivity index (χ0) is 13.3. The van der Waals surface area contributed by atoms with Crippen LogP contribution in [0.3, 0.4) is 0 Å². The highest BCUT2D eigenvalue weighted by molar-refractivity contribution is 5.38. The molecule has 2 rings (SSSR count). The monoisotopic (exact) mass is 245 g/mol. The van der Waals surface area contributed by atoms with Crippen molar-refractivity contribution in [3.05, 3.63) is 34.4 Å². The summed E-state index contributed by atoms with van der Waals surface area (Å²) in [6.07, 6.45) is 3.95. The Bertz CT molecular complexity index is 406. The van der Waals surface area contributed by atoms with Gasteiger partial charge in [-0.15, -0.1) is 0 Å². The summed E-state index contributed by atoms with van der Waals surface area (Å²) in [6.45, 7) is 12.4. The van der Waals surface area contributed by atoms with Crippen LogP contribution in [0.1, 0.15) is 48.9 Å². The first kappa shape index (κ1) is 13.6. The van der Waals surface area contributed by atoms with Gasteiger partial charge in [0.25, 0.3) is 0 Å². The summed E-state index contributed by atoms with van der Waals surface area (Å²) < 4.78 is 0. The van der Waals surface area contributed by atoms with E-state index in [1.54, 1.807) is 5.56 Å². The van der Waals surface area contributed by atoms with Crippen LogP contribution in [0.4, 0.5) is 0 Å². The zero-order valence-electron chi connectivity index (χ0n) is 12.6. The molecule has 1 aromatic rings. The molecule has 1 atom stereocenters. The molecule has 0 aliphatic heterocycles. The lowest BCUT2D eigenvalue weighted by molar-refractivity contribution is 0.359. The Labute approximate surface area is 112 Å². The van der Waals surface area contributed by atoms with E-state index < -0.39 is 0 Å². The van der Waals surface area contributed by atoms with E-state index in [2.05, 4.69) is 52.1 Å². The van der Waals surface area contributed by atoms with Crippen molar-refractivity contribution in [1.29, 1.82) is 0 Å². The third kappa shape index (κ3) is 2.77. The molecule has 1 nitrogen and oxygen atoms in total. The molecule has 100 valence electrons. The first-order valence-corrected chi connectivity index (χ1v) is 7.26. The molecule has 1 aliphatic carbocycles. The van der Waals surface area contributed by atoms with Crippen LogP contribution < -0.4 is 5.32 Å². The Hall–Kier alpha value is -0.820. The van der Waals surface area contributed by atoms with Gasteiger partial charge < -0.3 is 5.32 Å². The minimum Gasteiger partial charge on any atom is -0.313 e. The maximum absolute atomic E-state index is 3.70. The van der Waals surface area contributed by atoms with Crippen molar-refractivity contribution in [1.82, 2.24) is 5.32 Å². The van der Waals surface area contributed by atoms with Gasteiger partial charge >= 0.3 is 0 Å². The van der Waals surface area contributed by atoms with Crippen LogP contribution >= 0.6 is 0 Å². The van der Waals surface area contributed by atoms with Gasteiger partial charge in [-0.05, 0) is 68.7 Å². The Morgan fingerprint density at radius 2 is 1.72 bits per heavy atom. The molecule has 0 radical (unpaired) electrons. The van der Waals surface area contributed by atoms with E-state index in [4.69, 9.17) is 0 Å². The molecule has 1 saturated carbocycles. The average molecular weight is 245 g/mol. The molecule has 18 heavy (non-hydrogen) atoms. The van der Waals surface area contributed by atoms with Crippen LogP contribution in [0.15, 0.2) is 12.1 Å². The lowest BCUT2D eigenvalue weighted by Crippen LogP contribution is -2.38. The van der Waals surface area contributed by atoms with E-state index in [0.29, 0.717) is 11.5 Å². The van der Waals surface area contributed by atoms with E-state index >= 15 is 0 Å². The summed E-state index contributed by atoms with van der Waals surface area (Å²) in [4.78, 5) is 0. The number of rotatable bonds is 5. The van der Waals surface area contributed by atoms with Crippen molar-refractivity contribution >= 4 is 0 Å². The molecule has 0 heterocycles. The van der Waals surface area contributed by atoms with Gasteiger partial charge in [-0.1, -0.05) is 31.5 Å². The number of likely N-dealkylation sites (N-methyl/N-ethyl adjacent to an activating group) is 1. The number of aryl methyl sites for hydroxylation is 3. The minimum atomic E-state index is 0.541. The predicted octanol–water partition coefficient (Wildman–Crippen LogP) is 3.93. The second-order valence-corrected chi connectivity index (χ2v) is 6.35. The first-order chi connectivity index (χ1) is 8.46. The molecule has 1 N–H and O–H groups in total. The van der Waals surface area contributed by atoms with Crippen LogP contribution in [0, 0.1) is 26.2 Å². The summed E-state index contributed by atoms with van der Waals surface area (Å²) in [6, 6.07) is 5.28. The Balaban J connectivity index is 2.21. The molecule has 1 aliphatic rings. The van der Waals surface area contributed by atoms with Crippen LogP contribution in [0.5, 0.6) is 0 Å². The van der Waals surface area contributed by atoms with E-state index in [-0.39, 0.29) is 0 Å². The summed E-state index contributed by atoms with van der Waals surface area (Å²) in [7, 11) is 0.